The van der Waals surface area contributed by atoms with Gasteiger partial charge >= 0.3 is 6.03 Å². The van der Waals surface area contributed by atoms with Crippen molar-refractivity contribution in [3.63, 3.8) is 0 Å². The lowest BCUT2D eigenvalue weighted by Crippen LogP contribution is -2.51. The van der Waals surface area contributed by atoms with Crippen LogP contribution in [-0.4, -0.2) is 45.6 Å². The monoisotopic (exact) mass is 291 g/mol. The summed E-state index contributed by atoms with van der Waals surface area (Å²) < 4.78 is 0. The number of likely N-dealkylation sites (tertiary alicyclic amines) is 1. The average Bonchev–Trinajstić information content (AvgIpc) is 2.37. The average molecular weight is 291 g/mol. The van der Waals surface area contributed by atoms with Crippen LogP contribution in [0.1, 0.15) is 39.3 Å². The topological polar surface area (TPSA) is 70.2 Å². The highest BCUT2D eigenvalue weighted by atomic mass is 16.2. The fourth-order valence-electron chi connectivity index (χ4n) is 2.37. The number of anilines is 1. The van der Waals surface area contributed by atoms with Crippen LogP contribution in [0.2, 0.25) is 0 Å². The molecule has 1 fully saturated rings. The van der Waals surface area contributed by atoms with Crippen LogP contribution in [0, 0.1) is 6.92 Å². The highest BCUT2D eigenvalue weighted by Gasteiger charge is 2.25. The van der Waals surface area contributed by atoms with Crippen molar-refractivity contribution in [2.45, 2.75) is 52.1 Å². The van der Waals surface area contributed by atoms with Gasteiger partial charge in [-0.1, -0.05) is 0 Å². The van der Waals surface area contributed by atoms with Crippen LogP contribution in [0.5, 0.6) is 0 Å². The first-order valence-corrected chi connectivity index (χ1v) is 7.46. The molecular weight excluding hydrogens is 266 g/mol. The summed E-state index contributed by atoms with van der Waals surface area (Å²) in [4.78, 5) is 22.3. The third-order valence-electron chi connectivity index (χ3n) is 3.42. The molecule has 2 N–H and O–H groups in total. The van der Waals surface area contributed by atoms with Gasteiger partial charge in [0.15, 0.2) is 0 Å². The molecule has 2 rings (SSSR count). The number of hydrogen-bond donors (Lipinski definition) is 2. The van der Waals surface area contributed by atoms with Gasteiger partial charge < -0.3 is 15.5 Å². The van der Waals surface area contributed by atoms with Gasteiger partial charge in [-0.2, -0.15) is 0 Å². The number of carbonyl (C=O) groups is 1. The van der Waals surface area contributed by atoms with E-state index in [9.17, 15) is 4.79 Å². The SMILES string of the molecule is Cc1cc(NC2CCN(C(=O)NC(C)(C)C)CC2)ncn1. The maximum Gasteiger partial charge on any atom is 0.317 e. The minimum absolute atomic E-state index is 0.0267. The molecule has 0 radical (unpaired) electrons. The third kappa shape index (κ3) is 4.88. The van der Waals surface area contributed by atoms with E-state index in [4.69, 9.17) is 0 Å². The molecule has 21 heavy (non-hydrogen) atoms. The minimum atomic E-state index is -0.190. The van der Waals surface area contributed by atoms with Crippen LogP contribution in [0.3, 0.4) is 0 Å². The lowest BCUT2D eigenvalue weighted by atomic mass is 10.0. The first kappa shape index (κ1) is 15.5. The number of urea groups is 1. The molecule has 2 heterocycles. The van der Waals surface area contributed by atoms with E-state index >= 15 is 0 Å². The fourth-order valence-corrected chi connectivity index (χ4v) is 2.37. The molecule has 2 amide bonds. The van der Waals surface area contributed by atoms with Gasteiger partial charge in [-0.25, -0.2) is 14.8 Å². The van der Waals surface area contributed by atoms with Crippen molar-refractivity contribution in [2.75, 3.05) is 18.4 Å². The zero-order chi connectivity index (χ0) is 15.5. The van der Waals surface area contributed by atoms with Gasteiger partial charge in [0.1, 0.15) is 12.1 Å². The second-order valence-corrected chi connectivity index (χ2v) is 6.63. The van der Waals surface area contributed by atoms with Crippen molar-refractivity contribution in [3.8, 4) is 0 Å². The van der Waals surface area contributed by atoms with Crippen molar-refractivity contribution in [3.05, 3.63) is 18.1 Å². The van der Waals surface area contributed by atoms with E-state index in [1.807, 2.05) is 38.7 Å². The maximum absolute atomic E-state index is 12.1. The third-order valence-corrected chi connectivity index (χ3v) is 3.42. The van der Waals surface area contributed by atoms with E-state index in [1.54, 1.807) is 6.33 Å². The molecule has 1 aromatic heterocycles. The number of aryl methyl sites for hydroxylation is 1. The van der Waals surface area contributed by atoms with Gasteiger partial charge in [0.2, 0.25) is 0 Å². The van der Waals surface area contributed by atoms with Crippen molar-refractivity contribution >= 4 is 11.8 Å². The quantitative estimate of drug-likeness (QED) is 0.876. The smallest absolute Gasteiger partial charge is 0.317 e. The highest BCUT2D eigenvalue weighted by molar-refractivity contribution is 5.75. The van der Waals surface area contributed by atoms with E-state index in [-0.39, 0.29) is 11.6 Å². The lowest BCUT2D eigenvalue weighted by molar-refractivity contribution is 0.175. The zero-order valence-electron chi connectivity index (χ0n) is 13.3. The second-order valence-electron chi connectivity index (χ2n) is 6.63. The first-order valence-electron chi connectivity index (χ1n) is 7.46. The van der Waals surface area contributed by atoms with Crippen LogP contribution in [0.4, 0.5) is 10.6 Å². The number of hydrogen-bond acceptors (Lipinski definition) is 4. The number of rotatable bonds is 2. The molecule has 1 aliphatic heterocycles. The van der Waals surface area contributed by atoms with Gasteiger partial charge in [0.25, 0.3) is 0 Å². The first-order chi connectivity index (χ1) is 9.83. The molecule has 0 aliphatic carbocycles. The molecule has 0 unspecified atom stereocenters. The van der Waals surface area contributed by atoms with Crippen LogP contribution in [-0.2, 0) is 0 Å². The predicted molar refractivity (Wildman–Crippen MR) is 83.3 cm³/mol. The second kappa shape index (κ2) is 6.28. The molecule has 0 spiro atoms. The van der Waals surface area contributed by atoms with Crippen LogP contribution < -0.4 is 10.6 Å². The van der Waals surface area contributed by atoms with Crippen LogP contribution in [0.15, 0.2) is 12.4 Å². The molecule has 1 aromatic rings. The van der Waals surface area contributed by atoms with Crippen molar-refractivity contribution in [1.82, 2.24) is 20.2 Å². The van der Waals surface area contributed by atoms with E-state index in [1.165, 1.54) is 0 Å². The Morgan fingerprint density at radius 1 is 1.29 bits per heavy atom. The number of nitrogens with zero attached hydrogens (tertiary/aromatic N) is 3. The summed E-state index contributed by atoms with van der Waals surface area (Å²) in [5.41, 5.74) is 0.763. The van der Waals surface area contributed by atoms with Crippen molar-refractivity contribution in [1.29, 1.82) is 0 Å². The standard InChI is InChI=1S/C15H25N5O/c1-11-9-13(17-10-16-11)18-12-5-7-20(8-6-12)14(21)19-15(2,3)4/h9-10,12H,5-8H2,1-4H3,(H,19,21)(H,16,17,18). The van der Waals surface area contributed by atoms with Gasteiger partial charge in [0, 0.05) is 36.4 Å². The lowest BCUT2D eigenvalue weighted by Gasteiger charge is -2.34. The molecule has 0 bridgehead atoms. The summed E-state index contributed by atoms with van der Waals surface area (Å²) in [7, 11) is 0. The molecule has 6 heteroatoms. The van der Waals surface area contributed by atoms with Crippen molar-refractivity contribution in [2.24, 2.45) is 0 Å². The van der Waals surface area contributed by atoms with Gasteiger partial charge in [-0.15, -0.1) is 0 Å². The Balaban J connectivity index is 1.82. The molecule has 1 saturated heterocycles. The van der Waals surface area contributed by atoms with E-state index in [2.05, 4.69) is 20.6 Å². The molecule has 1 aliphatic rings. The molecule has 0 aromatic carbocycles. The maximum atomic E-state index is 12.1. The number of aromatic nitrogens is 2. The summed E-state index contributed by atoms with van der Waals surface area (Å²) in [5.74, 6) is 0.861. The molecule has 0 saturated carbocycles. The predicted octanol–water partition coefficient (Wildman–Crippen LogP) is 2.17. The Morgan fingerprint density at radius 3 is 2.52 bits per heavy atom. The molecular formula is C15H25N5O. The van der Waals surface area contributed by atoms with E-state index in [0.717, 1.165) is 37.4 Å². The Kier molecular flexibility index (Phi) is 4.65. The largest absolute Gasteiger partial charge is 0.367 e. The van der Waals surface area contributed by atoms with Gasteiger partial charge in [0.05, 0.1) is 0 Å². The summed E-state index contributed by atoms with van der Waals surface area (Å²) >= 11 is 0. The Labute approximate surface area is 126 Å². The van der Waals surface area contributed by atoms with E-state index in [0.29, 0.717) is 6.04 Å². The molecule has 116 valence electrons. The Bertz CT molecular complexity index is 489. The minimum Gasteiger partial charge on any atom is -0.367 e. The van der Waals surface area contributed by atoms with Crippen molar-refractivity contribution < 1.29 is 4.79 Å². The summed E-state index contributed by atoms with van der Waals surface area (Å²) in [6, 6.07) is 2.33. The van der Waals surface area contributed by atoms with Crippen LogP contribution >= 0.6 is 0 Å². The highest BCUT2D eigenvalue weighted by Crippen LogP contribution is 2.16. The number of nitrogens with one attached hydrogen (secondary N) is 2. The summed E-state index contributed by atoms with van der Waals surface area (Å²) in [6.45, 7) is 9.48. The van der Waals surface area contributed by atoms with Crippen LogP contribution in [0.25, 0.3) is 0 Å². The van der Waals surface area contributed by atoms with Gasteiger partial charge in [-0.05, 0) is 40.5 Å². The molecule has 0 atom stereocenters. The number of carbonyl (C=O) groups excluding carboxylic acids is 1. The Morgan fingerprint density at radius 2 is 1.95 bits per heavy atom. The number of piperidine rings is 1. The summed E-state index contributed by atoms with van der Waals surface area (Å²) in [6.07, 6.45) is 3.44. The summed E-state index contributed by atoms with van der Waals surface area (Å²) in [5, 5.41) is 6.43. The zero-order valence-corrected chi connectivity index (χ0v) is 13.3. The Hall–Kier alpha value is -1.85. The normalized spacial score (nSPS) is 16.7. The fraction of sp³-hybridized carbons (Fsp3) is 0.667. The molecule has 6 nitrogen and oxygen atoms in total. The van der Waals surface area contributed by atoms with E-state index < -0.39 is 0 Å². The van der Waals surface area contributed by atoms with Gasteiger partial charge in [-0.3, -0.25) is 0 Å². The number of amides is 2.